The first-order chi connectivity index (χ1) is 10.0. The lowest BCUT2D eigenvalue weighted by molar-refractivity contribution is 0.0995. The Labute approximate surface area is 129 Å². The Bertz CT molecular complexity index is 676. The molecule has 2 aromatic rings. The van der Waals surface area contributed by atoms with Crippen molar-refractivity contribution in [3.63, 3.8) is 0 Å². The van der Waals surface area contributed by atoms with Gasteiger partial charge in [0.2, 0.25) is 0 Å². The highest BCUT2D eigenvalue weighted by Gasteiger charge is 2.12. The van der Waals surface area contributed by atoms with Crippen LogP contribution in [0.2, 0.25) is 0 Å². The molecule has 6 heteroatoms. The predicted molar refractivity (Wildman–Crippen MR) is 79.9 cm³/mol. The number of halogens is 2. The van der Waals surface area contributed by atoms with Crippen LogP contribution in [-0.2, 0) is 6.61 Å². The van der Waals surface area contributed by atoms with Crippen LogP contribution in [0.4, 0.5) is 4.39 Å². The van der Waals surface area contributed by atoms with Crippen LogP contribution in [0, 0.1) is 5.82 Å². The lowest BCUT2D eigenvalue weighted by Crippen LogP contribution is -2.13. The van der Waals surface area contributed by atoms with Crippen molar-refractivity contribution in [3.8, 4) is 11.5 Å². The molecule has 21 heavy (non-hydrogen) atoms. The summed E-state index contributed by atoms with van der Waals surface area (Å²) in [5.74, 6) is -0.251. The van der Waals surface area contributed by atoms with Gasteiger partial charge in [-0.1, -0.05) is 15.9 Å². The van der Waals surface area contributed by atoms with Gasteiger partial charge in [0.15, 0.2) is 0 Å². The smallest absolute Gasteiger partial charge is 0.252 e. The number of rotatable bonds is 5. The Hall–Kier alpha value is -2.08. The van der Waals surface area contributed by atoms with Crippen molar-refractivity contribution in [3.05, 3.63) is 57.8 Å². The first-order valence-corrected chi connectivity index (χ1v) is 6.85. The van der Waals surface area contributed by atoms with Crippen molar-refractivity contribution >= 4 is 21.8 Å². The monoisotopic (exact) mass is 353 g/mol. The van der Waals surface area contributed by atoms with E-state index < -0.39 is 5.91 Å². The van der Waals surface area contributed by atoms with E-state index in [9.17, 15) is 9.18 Å². The molecule has 0 unspecified atom stereocenters. The van der Waals surface area contributed by atoms with E-state index in [0.717, 1.165) is 4.47 Å². The van der Waals surface area contributed by atoms with E-state index in [1.165, 1.54) is 19.2 Å². The Morgan fingerprint density at radius 2 is 2.05 bits per heavy atom. The maximum absolute atomic E-state index is 13.6. The number of benzene rings is 2. The largest absolute Gasteiger partial charge is 0.497 e. The number of hydrogen-bond acceptors (Lipinski definition) is 3. The fourth-order valence-electron chi connectivity index (χ4n) is 1.76. The van der Waals surface area contributed by atoms with E-state index in [1.54, 1.807) is 24.3 Å². The average molecular weight is 354 g/mol. The number of carbonyl (C=O) groups excluding carboxylic acids is 1. The standard InChI is InChI=1S/C15H13BrFNO3/c1-20-11-3-5-14(12(7-11)15(18)19)21-8-9-6-10(16)2-4-13(9)17/h2-7H,8H2,1H3,(H2,18,19). The second-order valence-electron chi connectivity index (χ2n) is 4.25. The molecule has 0 aliphatic heterocycles. The summed E-state index contributed by atoms with van der Waals surface area (Å²) in [5, 5.41) is 0. The molecule has 0 aliphatic carbocycles. The van der Waals surface area contributed by atoms with Gasteiger partial charge in [0.1, 0.15) is 23.9 Å². The van der Waals surface area contributed by atoms with Gasteiger partial charge < -0.3 is 15.2 Å². The quantitative estimate of drug-likeness (QED) is 0.897. The molecule has 0 atom stereocenters. The van der Waals surface area contributed by atoms with Crippen molar-refractivity contribution in [1.82, 2.24) is 0 Å². The maximum Gasteiger partial charge on any atom is 0.252 e. The number of amides is 1. The SMILES string of the molecule is COc1ccc(OCc2cc(Br)ccc2F)c(C(N)=O)c1. The molecule has 0 saturated carbocycles. The normalized spacial score (nSPS) is 10.2. The minimum absolute atomic E-state index is 0.0160. The highest BCUT2D eigenvalue weighted by atomic mass is 79.9. The van der Waals surface area contributed by atoms with Crippen LogP contribution in [0.1, 0.15) is 15.9 Å². The zero-order chi connectivity index (χ0) is 15.4. The van der Waals surface area contributed by atoms with Gasteiger partial charge in [-0.15, -0.1) is 0 Å². The number of hydrogen-bond donors (Lipinski definition) is 1. The topological polar surface area (TPSA) is 61.6 Å². The first-order valence-electron chi connectivity index (χ1n) is 6.06. The lowest BCUT2D eigenvalue weighted by atomic mass is 10.1. The molecule has 0 radical (unpaired) electrons. The molecule has 2 rings (SSSR count). The number of carbonyl (C=O) groups is 1. The summed E-state index contributed by atoms with van der Waals surface area (Å²) in [4.78, 5) is 11.4. The van der Waals surface area contributed by atoms with E-state index in [2.05, 4.69) is 15.9 Å². The average Bonchev–Trinajstić information content (AvgIpc) is 2.48. The number of primary amides is 1. The zero-order valence-corrected chi connectivity index (χ0v) is 12.8. The van der Waals surface area contributed by atoms with E-state index in [1.807, 2.05) is 0 Å². The number of nitrogens with two attached hydrogens (primary N) is 1. The maximum atomic E-state index is 13.6. The molecule has 0 aromatic heterocycles. The molecule has 0 spiro atoms. The van der Waals surface area contributed by atoms with Gasteiger partial charge in [-0.3, -0.25) is 4.79 Å². The van der Waals surface area contributed by atoms with Gasteiger partial charge in [-0.2, -0.15) is 0 Å². The van der Waals surface area contributed by atoms with E-state index in [-0.39, 0.29) is 23.7 Å². The molecule has 0 bridgehead atoms. The third-order valence-corrected chi connectivity index (χ3v) is 3.34. The molecule has 0 heterocycles. The Morgan fingerprint density at radius 3 is 2.71 bits per heavy atom. The highest BCUT2D eigenvalue weighted by Crippen LogP contribution is 2.25. The number of methoxy groups -OCH3 is 1. The molecular formula is C15H13BrFNO3. The molecule has 0 saturated heterocycles. The molecule has 2 N–H and O–H groups in total. The van der Waals surface area contributed by atoms with E-state index in [4.69, 9.17) is 15.2 Å². The van der Waals surface area contributed by atoms with Crippen molar-refractivity contribution in [2.24, 2.45) is 5.73 Å². The van der Waals surface area contributed by atoms with Crippen molar-refractivity contribution in [1.29, 1.82) is 0 Å². The fourth-order valence-corrected chi connectivity index (χ4v) is 2.17. The molecule has 0 fully saturated rings. The second kappa shape index (κ2) is 6.58. The highest BCUT2D eigenvalue weighted by molar-refractivity contribution is 9.10. The van der Waals surface area contributed by atoms with Gasteiger partial charge in [-0.25, -0.2) is 4.39 Å². The number of ether oxygens (including phenoxy) is 2. The molecule has 2 aromatic carbocycles. The Kier molecular flexibility index (Phi) is 4.80. The third-order valence-electron chi connectivity index (χ3n) is 2.84. The van der Waals surface area contributed by atoms with Gasteiger partial charge in [0, 0.05) is 10.0 Å². The van der Waals surface area contributed by atoms with Crippen molar-refractivity contribution < 1.29 is 18.7 Å². The van der Waals surface area contributed by atoms with Crippen molar-refractivity contribution in [2.45, 2.75) is 6.61 Å². The summed E-state index contributed by atoms with van der Waals surface area (Å²) in [7, 11) is 1.48. The molecular weight excluding hydrogens is 341 g/mol. The summed E-state index contributed by atoms with van der Waals surface area (Å²) < 4.78 is 24.9. The van der Waals surface area contributed by atoms with Crippen molar-refractivity contribution in [2.75, 3.05) is 7.11 Å². The molecule has 0 aliphatic rings. The van der Waals surface area contributed by atoms with Gasteiger partial charge in [0.25, 0.3) is 5.91 Å². The Morgan fingerprint density at radius 1 is 1.29 bits per heavy atom. The van der Waals surface area contributed by atoms with Crippen LogP contribution >= 0.6 is 15.9 Å². The Balaban J connectivity index is 2.23. The zero-order valence-electron chi connectivity index (χ0n) is 11.2. The van der Waals surface area contributed by atoms with Crippen LogP contribution < -0.4 is 15.2 Å². The minimum Gasteiger partial charge on any atom is -0.497 e. The molecule has 1 amide bonds. The fraction of sp³-hybridized carbons (Fsp3) is 0.133. The summed E-state index contributed by atoms with van der Waals surface area (Å²) in [6, 6.07) is 9.23. The summed E-state index contributed by atoms with van der Waals surface area (Å²) in [6.45, 7) is -0.0160. The van der Waals surface area contributed by atoms with Crippen LogP contribution in [0.15, 0.2) is 40.9 Å². The van der Waals surface area contributed by atoms with Crippen LogP contribution in [0.25, 0.3) is 0 Å². The third kappa shape index (κ3) is 3.72. The van der Waals surface area contributed by atoms with Crippen LogP contribution in [0.3, 0.4) is 0 Å². The van der Waals surface area contributed by atoms with E-state index >= 15 is 0 Å². The van der Waals surface area contributed by atoms with Gasteiger partial charge >= 0.3 is 0 Å². The van der Waals surface area contributed by atoms with Crippen LogP contribution in [0.5, 0.6) is 11.5 Å². The summed E-state index contributed by atoms with van der Waals surface area (Å²) in [5.41, 5.74) is 5.86. The predicted octanol–water partition coefficient (Wildman–Crippen LogP) is 3.27. The summed E-state index contributed by atoms with van der Waals surface area (Å²) >= 11 is 3.27. The summed E-state index contributed by atoms with van der Waals surface area (Å²) in [6.07, 6.45) is 0. The van der Waals surface area contributed by atoms with Crippen LogP contribution in [-0.4, -0.2) is 13.0 Å². The molecule has 4 nitrogen and oxygen atoms in total. The molecule has 110 valence electrons. The van der Waals surface area contributed by atoms with Gasteiger partial charge in [0.05, 0.1) is 12.7 Å². The first kappa shape index (κ1) is 15.3. The van der Waals surface area contributed by atoms with E-state index in [0.29, 0.717) is 11.3 Å². The lowest BCUT2D eigenvalue weighted by Gasteiger charge is -2.11. The minimum atomic E-state index is -0.640. The van der Waals surface area contributed by atoms with Gasteiger partial charge in [-0.05, 0) is 36.4 Å². The second-order valence-corrected chi connectivity index (χ2v) is 5.17.